The van der Waals surface area contributed by atoms with Crippen LogP contribution in [0, 0.1) is 0 Å². The molecule has 0 unspecified atom stereocenters. The first-order valence-corrected chi connectivity index (χ1v) is 10.6. The van der Waals surface area contributed by atoms with Gasteiger partial charge in [0.1, 0.15) is 16.4 Å². The summed E-state index contributed by atoms with van der Waals surface area (Å²) in [5.41, 5.74) is 3.69. The van der Waals surface area contributed by atoms with Gasteiger partial charge in [0.25, 0.3) is 0 Å². The summed E-state index contributed by atoms with van der Waals surface area (Å²) in [6.07, 6.45) is 7.18. The van der Waals surface area contributed by atoms with Gasteiger partial charge in [-0.05, 0) is 87.3 Å². The average molecular weight is 421 g/mol. The Morgan fingerprint density at radius 3 is 1.68 bits per heavy atom. The second kappa shape index (κ2) is 8.25. The predicted octanol–water partition coefficient (Wildman–Crippen LogP) is 4.40. The van der Waals surface area contributed by atoms with Crippen LogP contribution >= 0.6 is 23.2 Å². The number of aliphatic hydroxyl groups excluding tert-OH is 1. The Balaban J connectivity index is 1.79. The highest BCUT2D eigenvalue weighted by Crippen LogP contribution is 2.41. The molecule has 4 rings (SSSR count). The lowest BCUT2D eigenvalue weighted by Gasteiger charge is -2.27. The minimum Gasteiger partial charge on any atom is -0.384 e. The summed E-state index contributed by atoms with van der Waals surface area (Å²) in [5, 5.41) is 12.3. The molecule has 2 aromatic heterocycles. The van der Waals surface area contributed by atoms with Crippen LogP contribution in [0.3, 0.4) is 0 Å². The number of pyridine rings is 2. The second-order valence-corrected chi connectivity index (χ2v) is 8.73. The van der Waals surface area contributed by atoms with E-state index in [9.17, 15) is 5.11 Å². The molecule has 2 fully saturated rings. The molecule has 0 spiro atoms. The zero-order valence-corrected chi connectivity index (χ0v) is 17.8. The molecule has 0 saturated carbocycles. The van der Waals surface area contributed by atoms with E-state index in [1.807, 2.05) is 12.4 Å². The van der Waals surface area contributed by atoms with Gasteiger partial charge in [0, 0.05) is 24.5 Å². The second-order valence-electron chi connectivity index (χ2n) is 7.95. The number of rotatable bonds is 4. The molecule has 0 radical (unpaired) electrons. The third-order valence-corrected chi connectivity index (χ3v) is 6.63. The van der Waals surface area contributed by atoms with E-state index in [-0.39, 0.29) is 12.1 Å². The lowest BCUT2D eigenvalue weighted by Crippen LogP contribution is -2.22. The largest absolute Gasteiger partial charge is 0.384 e. The Hall–Kier alpha value is -1.24. The SMILES string of the molecule is CN1CCC[C@H]1c1cnc(Cl)cc1C(O)c1cc(Cl)ncc1[C@@H]1CCCN1C. The average Bonchev–Trinajstić information content (AvgIpc) is 3.29. The van der Waals surface area contributed by atoms with Crippen molar-refractivity contribution in [3.63, 3.8) is 0 Å². The first-order valence-electron chi connectivity index (χ1n) is 9.85. The first kappa shape index (κ1) is 20.0. The highest BCUT2D eigenvalue weighted by molar-refractivity contribution is 6.29. The van der Waals surface area contributed by atoms with E-state index in [0.717, 1.165) is 61.0 Å². The number of aliphatic hydroxyl groups is 1. The summed E-state index contributed by atoms with van der Waals surface area (Å²) in [7, 11) is 4.23. The summed E-state index contributed by atoms with van der Waals surface area (Å²) < 4.78 is 0. The van der Waals surface area contributed by atoms with Gasteiger partial charge in [0.05, 0.1) is 0 Å². The van der Waals surface area contributed by atoms with Crippen molar-refractivity contribution in [2.45, 2.75) is 43.9 Å². The Morgan fingerprint density at radius 2 is 1.32 bits per heavy atom. The van der Waals surface area contributed by atoms with E-state index in [1.54, 1.807) is 12.1 Å². The molecule has 2 aromatic rings. The zero-order valence-electron chi connectivity index (χ0n) is 16.3. The molecule has 2 aliphatic rings. The predicted molar refractivity (Wildman–Crippen MR) is 112 cm³/mol. The highest BCUT2D eigenvalue weighted by Gasteiger charge is 2.31. The zero-order chi connectivity index (χ0) is 19.8. The van der Waals surface area contributed by atoms with Gasteiger partial charge in [0.2, 0.25) is 0 Å². The number of halogens is 2. The Labute approximate surface area is 176 Å². The normalized spacial score (nSPS) is 23.8. The summed E-state index contributed by atoms with van der Waals surface area (Å²) in [6.45, 7) is 2.09. The van der Waals surface area contributed by atoms with Crippen molar-refractivity contribution in [3.05, 3.63) is 57.1 Å². The van der Waals surface area contributed by atoms with Gasteiger partial charge in [-0.2, -0.15) is 0 Å². The maximum atomic E-state index is 11.5. The Bertz CT molecular complexity index is 793. The van der Waals surface area contributed by atoms with Crippen LogP contribution in [0.2, 0.25) is 10.3 Å². The molecular weight excluding hydrogens is 395 g/mol. The molecular formula is C21H26Cl2N4O. The minimum absolute atomic E-state index is 0.240. The van der Waals surface area contributed by atoms with Crippen molar-refractivity contribution in [3.8, 4) is 0 Å². The lowest BCUT2D eigenvalue weighted by molar-refractivity contribution is 0.209. The van der Waals surface area contributed by atoms with Crippen molar-refractivity contribution in [1.29, 1.82) is 0 Å². The van der Waals surface area contributed by atoms with E-state index in [2.05, 4.69) is 33.9 Å². The van der Waals surface area contributed by atoms with E-state index in [1.165, 1.54) is 0 Å². The van der Waals surface area contributed by atoms with Gasteiger partial charge in [-0.25, -0.2) is 9.97 Å². The van der Waals surface area contributed by atoms with Crippen molar-refractivity contribution in [2.75, 3.05) is 27.2 Å². The number of likely N-dealkylation sites (tertiary alicyclic amines) is 2. The topological polar surface area (TPSA) is 52.5 Å². The van der Waals surface area contributed by atoms with E-state index in [4.69, 9.17) is 23.2 Å². The molecule has 5 nitrogen and oxygen atoms in total. The Kier molecular flexibility index (Phi) is 5.91. The third kappa shape index (κ3) is 3.79. The monoisotopic (exact) mass is 420 g/mol. The molecule has 0 amide bonds. The van der Waals surface area contributed by atoms with Crippen LogP contribution in [0.1, 0.15) is 66.1 Å². The van der Waals surface area contributed by atoms with Gasteiger partial charge in [-0.1, -0.05) is 23.2 Å². The molecule has 2 atom stereocenters. The van der Waals surface area contributed by atoms with Crippen LogP contribution in [-0.4, -0.2) is 52.1 Å². The number of nitrogens with zero attached hydrogens (tertiary/aromatic N) is 4. The summed E-state index contributed by atoms with van der Waals surface area (Å²) in [6, 6.07) is 4.07. The molecule has 0 aromatic carbocycles. The quantitative estimate of drug-likeness (QED) is 0.742. The van der Waals surface area contributed by atoms with Gasteiger partial charge in [0.15, 0.2) is 0 Å². The van der Waals surface area contributed by atoms with E-state index < -0.39 is 6.10 Å². The molecule has 1 N–H and O–H groups in total. The molecule has 2 saturated heterocycles. The van der Waals surface area contributed by atoms with Gasteiger partial charge >= 0.3 is 0 Å². The standard InChI is InChI=1S/C21H26Cl2N4O/c1-26-7-3-5-17(26)15-11-24-19(22)9-13(15)21(28)14-10-20(23)25-12-16(14)18-6-4-8-27(18)2/h9-12,17-18,21,28H,3-8H2,1-2H3/t17-,18-/m0/s1. The lowest BCUT2D eigenvalue weighted by atomic mass is 9.90. The van der Waals surface area contributed by atoms with Crippen molar-refractivity contribution in [2.24, 2.45) is 0 Å². The molecule has 0 bridgehead atoms. The summed E-state index contributed by atoms with van der Waals surface area (Å²) in [4.78, 5) is 13.2. The van der Waals surface area contributed by atoms with Gasteiger partial charge in [-0.3, -0.25) is 9.80 Å². The molecule has 28 heavy (non-hydrogen) atoms. The maximum Gasteiger partial charge on any atom is 0.129 e. The fourth-order valence-electron chi connectivity index (χ4n) is 4.71. The van der Waals surface area contributed by atoms with Crippen molar-refractivity contribution >= 4 is 23.2 Å². The Morgan fingerprint density at radius 1 is 0.893 bits per heavy atom. The van der Waals surface area contributed by atoms with Crippen LogP contribution in [0.25, 0.3) is 0 Å². The third-order valence-electron chi connectivity index (χ3n) is 6.22. The first-order chi connectivity index (χ1) is 13.5. The molecule has 2 aliphatic heterocycles. The van der Waals surface area contributed by atoms with Crippen molar-refractivity contribution < 1.29 is 5.11 Å². The molecule has 0 aliphatic carbocycles. The number of hydrogen-bond acceptors (Lipinski definition) is 5. The van der Waals surface area contributed by atoms with Crippen molar-refractivity contribution in [1.82, 2.24) is 19.8 Å². The highest BCUT2D eigenvalue weighted by atomic mass is 35.5. The fraction of sp³-hybridized carbons (Fsp3) is 0.524. The van der Waals surface area contributed by atoms with Crippen LogP contribution in [-0.2, 0) is 0 Å². The van der Waals surface area contributed by atoms with E-state index >= 15 is 0 Å². The number of hydrogen-bond donors (Lipinski definition) is 1. The fourth-order valence-corrected chi connectivity index (χ4v) is 5.05. The number of aromatic nitrogens is 2. The van der Waals surface area contributed by atoms with Crippen LogP contribution in [0.15, 0.2) is 24.5 Å². The minimum atomic E-state index is -0.825. The smallest absolute Gasteiger partial charge is 0.129 e. The molecule has 150 valence electrons. The summed E-state index contributed by atoms with van der Waals surface area (Å²) in [5.74, 6) is 0. The van der Waals surface area contributed by atoms with Crippen LogP contribution < -0.4 is 0 Å². The van der Waals surface area contributed by atoms with Crippen LogP contribution in [0.4, 0.5) is 0 Å². The molecule has 4 heterocycles. The molecule has 7 heteroatoms. The summed E-state index contributed by atoms with van der Waals surface area (Å²) >= 11 is 12.5. The van der Waals surface area contributed by atoms with Gasteiger partial charge < -0.3 is 5.11 Å². The maximum absolute atomic E-state index is 11.5. The van der Waals surface area contributed by atoms with Gasteiger partial charge in [-0.15, -0.1) is 0 Å². The van der Waals surface area contributed by atoms with E-state index in [0.29, 0.717) is 10.3 Å². The van der Waals surface area contributed by atoms with Crippen LogP contribution in [0.5, 0.6) is 0 Å².